The largest absolute Gasteiger partial charge is 0.481 e. The van der Waals surface area contributed by atoms with Gasteiger partial charge in [0.15, 0.2) is 0 Å². The fourth-order valence-corrected chi connectivity index (χ4v) is 1.73. The molecule has 0 spiro atoms. The average molecular weight is 358 g/mol. The zero-order valence-corrected chi connectivity index (χ0v) is 11.1. The van der Waals surface area contributed by atoms with E-state index in [0.717, 1.165) is 6.07 Å². The Labute approximate surface area is 118 Å². The van der Waals surface area contributed by atoms with Crippen LogP contribution in [-0.4, -0.2) is 28.3 Å². The van der Waals surface area contributed by atoms with Gasteiger partial charge in [-0.2, -0.15) is 13.2 Å². The van der Waals surface area contributed by atoms with Crippen molar-refractivity contribution >= 4 is 27.6 Å². The molecule has 0 aliphatic heterocycles. The van der Waals surface area contributed by atoms with E-state index in [1.54, 1.807) is 0 Å². The fraction of sp³-hybridized carbons (Fsp3) is 0.300. The van der Waals surface area contributed by atoms with E-state index in [1.165, 1.54) is 12.1 Å². The summed E-state index contributed by atoms with van der Waals surface area (Å²) in [6.07, 6.45) is -9.01. The third-order valence-electron chi connectivity index (χ3n) is 2.13. The minimum absolute atomic E-state index is 0.0775. The van der Waals surface area contributed by atoms with E-state index in [0.29, 0.717) is 0 Å². The minimum Gasteiger partial charge on any atom is -0.481 e. The number of carboxylic acid groups (broad SMARTS) is 1. The maximum absolute atomic E-state index is 12.7. The molecular formula is C10H7BrF3NO5. The summed E-state index contributed by atoms with van der Waals surface area (Å²) in [6.45, 7) is 0. The van der Waals surface area contributed by atoms with E-state index in [-0.39, 0.29) is 4.47 Å². The number of ether oxygens (including phenoxy) is 1. The highest BCUT2D eigenvalue weighted by molar-refractivity contribution is 9.10. The molecule has 0 bridgehead atoms. The van der Waals surface area contributed by atoms with Crippen molar-refractivity contribution < 1.29 is 32.7 Å². The lowest BCUT2D eigenvalue weighted by Crippen LogP contribution is -2.36. The highest BCUT2D eigenvalue weighted by Crippen LogP contribution is 2.38. The molecule has 1 aromatic carbocycles. The van der Waals surface area contributed by atoms with Gasteiger partial charge in [-0.05, 0) is 22.0 Å². The first kappa shape index (κ1) is 16.2. The number of benzene rings is 1. The maximum Gasteiger partial charge on any atom is 0.426 e. The van der Waals surface area contributed by atoms with E-state index < -0.39 is 41.0 Å². The molecule has 20 heavy (non-hydrogen) atoms. The predicted molar refractivity (Wildman–Crippen MR) is 63.5 cm³/mol. The molecule has 10 heteroatoms. The van der Waals surface area contributed by atoms with Gasteiger partial charge in [0, 0.05) is 6.07 Å². The number of nitro benzene ring substituents is 1. The molecule has 0 fully saturated rings. The van der Waals surface area contributed by atoms with Crippen LogP contribution in [-0.2, 0) is 4.79 Å². The molecule has 110 valence electrons. The summed E-state index contributed by atoms with van der Waals surface area (Å²) in [5.74, 6) is -2.40. The van der Waals surface area contributed by atoms with Gasteiger partial charge in [0.1, 0.15) is 0 Å². The standard InChI is InChI=1S/C10H7BrF3NO5/c11-5-2-1-3-6(15(18)19)9(5)20-7(4-8(16)17)10(12,13)14/h1-3,7H,4H2,(H,16,17). The lowest BCUT2D eigenvalue weighted by molar-refractivity contribution is -0.386. The van der Waals surface area contributed by atoms with Crippen molar-refractivity contribution in [1.82, 2.24) is 0 Å². The number of aliphatic carboxylic acids is 1. The summed E-state index contributed by atoms with van der Waals surface area (Å²) in [7, 11) is 0. The van der Waals surface area contributed by atoms with Gasteiger partial charge < -0.3 is 9.84 Å². The van der Waals surface area contributed by atoms with Crippen LogP contribution in [0, 0.1) is 10.1 Å². The molecule has 0 heterocycles. The van der Waals surface area contributed by atoms with Crippen molar-refractivity contribution in [1.29, 1.82) is 0 Å². The average Bonchev–Trinajstić information content (AvgIpc) is 2.28. The Morgan fingerprint density at radius 1 is 1.50 bits per heavy atom. The highest BCUT2D eigenvalue weighted by Gasteiger charge is 2.44. The second kappa shape index (κ2) is 6.07. The number of para-hydroxylation sites is 1. The zero-order valence-electron chi connectivity index (χ0n) is 9.56. The molecule has 0 radical (unpaired) electrons. The van der Waals surface area contributed by atoms with Gasteiger partial charge in [-0.3, -0.25) is 14.9 Å². The molecule has 1 atom stereocenters. The monoisotopic (exact) mass is 357 g/mol. The molecule has 0 aliphatic carbocycles. The number of alkyl halides is 3. The van der Waals surface area contributed by atoms with Crippen molar-refractivity contribution in [3.05, 3.63) is 32.8 Å². The number of halogens is 4. The van der Waals surface area contributed by atoms with Gasteiger partial charge >= 0.3 is 17.8 Å². The summed E-state index contributed by atoms with van der Waals surface area (Å²) < 4.78 is 42.4. The molecule has 1 unspecified atom stereocenters. The molecule has 1 rings (SSSR count). The quantitative estimate of drug-likeness (QED) is 0.645. The van der Waals surface area contributed by atoms with Crippen LogP contribution in [0.15, 0.2) is 22.7 Å². The van der Waals surface area contributed by atoms with Gasteiger partial charge in [0.2, 0.25) is 11.9 Å². The molecule has 0 amide bonds. The molecule has 0 aromatic heterocycles. The van der Waals surface area contributed by atoms with E-state index in [1.807, 2.05) is 0 Å². The normalized spacial score (nSPS) is 12.8. The van der Waals surface area contributed by atoms with Crippen molar-refractivity contribution in [2.45, 2.75) is 18.7 Å². The first-order valence-corrected chi connectivity index (χ1v) is 5.80. The summed E-state index contributed by atoms with van der Waals surface area (Å²) >= 11 is 2.83. The Morgan fingerprint density at radius 3 is 2.55 bits per heavy atom. The molecular weight excluding hydrogens is 351 g/mol. The summed E-state index contributed by atoms with van der Waals surface area (Å²) in [4.78, 5) is 20.2. The number of carbonyl (C=O) groups is 1. The first-order valence-electron chi connectivity index (χ1n) is 5.01. The number of nitrogens with zero attached hydrogens (tertiary/aromatic N) is 1. The van der Waals surface area contributed by atoms with Crippen molar-refractivity contribution in [2.24, 2.45) is 0 Å². The smallest absolute Gasteiger partial charge is 0.426 e. The minimum atomic E-state index is -4.97. The summed E-state index contributed by atoms with van der Waals surface area (Å²) in [5.41, 5.74) is -0.695. The lowest BCUT2D eigenvalue weighted by atomic mass is 10.2. The summed E-state index contributed by atoms with van der Waals surface area (Å²) in [6, 6.07) is 3.44. The van der Waals surface area contributed by atoms with Crippen molar-refractivity contribution in [3.63, 3.8) is 0 Å². The molecule has 1 aromatic rings. The Morgan fingerprint density at radius 2 is 2.10 bits per heavy atom. The highest BCUT2D eigenvalue weighted by atomic mass is 79.9. The maximum atomic E-state index is 12.7. The second-order valence-corrected chi connectivity index (χ2v) is 4.45. The van der Waals surface area contributed by atoms with Gasteiger partial charge in [-0.15, -0.1) is 0 Å². The van der Waals surface area contributed by atoms with E-state index >= 15 is 0 Å². The van der Waals surface area contributed by atoms with Crippen LogP contribution in [0.3, 0.4) is 0 Å². The second-order valence-electron chi connectivity index (χ2n) is 3.59. The topological polar surface area (TPSA) is 89.7 Å². The molecule has 0 saturated heterocycles. The lowest BCUT2D eigenvalue weighted by Gasteiger charge is -2.20. The Bertz CT molecular complexity index is 534. The van der Waals surface area contributed by atoms with Crippen LogP contribution in [0.25, 0.3) is 0 Å². The Hall–Kier alpha value is -1.84. The van der Waals surface area contributed by atoms with Crippen LogP contribution in [0.5, 0.6) is 5.75 Å². The third-order valence-corrected chi connectivity index (χ3v) is 2.75. The van der Waals surface area contributed by atoms with Gasteiger partial charge in [-0.25, -0.2) is 0 Å². The van der Waals surface area contributed by atoms with Crippen LogP contribution >= 0.6 is 15.9 Å². The van der Waals surface area contributed by atoms with E-state index in [9.17, 15) is 28.1 Å². The number of hydrogen-bond donors (Lipinski definition) is 1. The van der Waals surface area contributed by atoms with Crippen LogP contribution < -0.4 is 4.74 Å². The zero-order chi connectivity index (χ0) is 15.5. The van der Waals surface area contributed by atoms with Crippen molar-refractivity contribution in [3.8, 4) is 5.75 Å². The van der Waals surface area contributed by atoms with Crippen LogP contribution in [0.4, 0.5) is 18.9 Å². The number of rotatable bonds is 5. The molecule has 6 nitrogen and oxygen atoms in total. The summed E-state index contributed by atoms with van der Waals surface area (Å²) in [5, 5.41) is 19.2. The molecule has 0 saturated carbocycles. The van der Waals surface area contributed by atoms with E-state index in [2.05, 4.69) is 20.7 Å². The Kier molecular flexibility index (Phi) is 4.93. The number of hydrogen-bond acceptors (Lipinski definition) is 4. The Balaban J connectivity index is 3.17. The first-order chi connectivity index (χ1) is 9.12. The van der Waals surface area contributed by atoms with Crippen LogP contribution in [0.1, 0.15) is 6.42 Å². The van der Waals surface area contributed by atoms with Gasteiger partial charge in [0.25, 0.3) is 0 Å². The van der Waals surface area contributed by atoms with Gasteiger partial charge in [0.05, 0.1) is 15.8 Å². The molecule has 1 N–H and O–H groups in total. The van der Waals surface area contributed by atoms with E-state index in [4.69, 9.17) is 5.11 Å². The number of nitro groups is 1. The fourth-order valence-electron chi connectivity index (χ4n) is 1.28. The third kappa shape index (κ3) is 4.08. The molecule has 0 aliphatic rings. The van der Waals surface area contributed by atoms with Gasteiger partial charge in [-0.1, -0.05) is 6.07 Å². The van der Waals surface area contributed by atoms with Crippen LogP contribution in [0.2, 0.25) is 0 Å². The predicted octanol–water partition coefficient (Wildman–Crippen LogP) is 3.14. The SMILES string of the molecule is O=C(O)CC(Oc1c(Br)cccc1[N+](=O)[O-])C(F)(F)F. The number of carboxylic acids is 1. The van der Waals surface area contributed by atoms with Crippen molar-refractivity contribution in [2.75, 3.05) is 0 Å².